The van der Waals surface area contributed by atoms with Crippen LogP contribution < -0.4 is 11.1 Å². The highest BCUT2D eigenvalue weighted by Crippen LogP contribution is 2.04. The van der Waals surface area contributed by atoms with E-state index in [-0.39, 0.29) is 6.61 Å². The second-order valence-electron chi connectivity index (χ2n) is 3.51. The van der Waals surface area contributed by atoms with Gasteiger partial charge in [-0.1, -0.05) is 30.3 Å². The minimum atomic E-state index is -1.13. The van der Waals surface area contributed by atoms with E-state index in [4.69, 9.17) is 10.5 Å². The van der Waals surface area contributed by atoms with Crippen LogP contribution in [0.2, 0.25) is 0 Å². The van der Waals surface area contributed by atoms with E-state index < -0.39 is 11.6 Å². The molecule has 0 spiro atoms. The number of carbonyl (C=O) groups is 1. The minimum Gasteiger partial charge on any atom is -0.458 e. The van der Waals surface area contributed by atoms with Gasteiger partial charge >= 0.3 is 5.97 Å². The summed E-state index contributed by atoms with van der Waals surface area (Å²) in [5.41, 5.74) is 5.45. The normalized spacial score (nSPS) is 14.3. The molecule has 0 aliphatic rings. The van der Waals surface area contributed by atoms with Crippen LogP contribution in [-0.2, 0) is 16.1 Å². The van der Waals surface area contributed by atoms with Gasteiger partial charge in [-0.2, -0.15) is 0 Å². The van der Waals surface area contributed by atoms with Gasteiger partial charge in [0.1, 0.15) is 6.61 Å². The molecule has 15 heavy (non-hydrogen) atoms. The zero-order chi connectivity index (χ0) is 11.3. The van der Waals surface area contributed by atoms with Crippen molar-refractivity contribution in [1.29, 1.82) is 0 Å². The molecule has 0 saturated heterocycles. The number of esters is 1. The van der Waals surface area contributed by atoms with E-state index in [9.17, 15) is 4.79 Å². The smallest absolute Gasteiger partial charge is 0.341 e. The van der Waals surface area contributed by atoms with Crippen molar-refractivity contribution in [2.24, 2.45) is 5.73 Å². The highest BCUT2D eigenvalue weighted by molar-refractivity contribution is 5.79. The molecule has 0 fully saturated rings. The summed E-state index contributed by atoms with van der Waals surface area (Å²) in [6.07, 6.45) is 0. The SMILES string of the molecule is CNC(C)(N)C(=O)OCc1ccccc1. The minimum absolute atomic E-state index is 0.244. The molecule has 4 heteroatoms. The first kappa shape index (κ1) is 11.7. The fourth-order valence-corrected chi connectivity index (χ4v) is 0.975. The predicted molar refractivity (Wildman–Crippen MR) is 57.9 cm³/mol. The molecule has 0 amide bonds. The number of rotatable bonds is 4. The first-order valence-electron chi connectivity index (χ1n) is 4.75. The molecule has 3 N–H and O–H groups in total. The predicted octanol–water partition coefficient (Wildman–Crippen LogP) is 0.624. The maximum Gasteiger partial charge on any atom is 0.341 e. The summed E-state index contributed by atoms with van der Waals surface area (Å²) in [5, 5.41) is 2.68. The largest absolute Gasteiger partial charge is 0.458 e. The molecular weight excluding hydrogens is 192 g/mol. The quantitative estimate of drug-likeness (QED) is 0.562. The molecule has 1 unspecified atom stereocenters. The van der Waals surface area contributed by atoms with Crippen LogP contribution in [-0.4, -0.2) is 18.7 Å². The molecular formula is C11H16N2O2. The molecule has 0 aromatic heterocycles. The molecule has 0 saturated carbocycles. The van der Waals surface area contributed by atoms with Crippen LogP contribution >= 0.6 is 0 Å². The van der Waals surface area contributed by atoms with Gasteiger partial charge in [0.25, 0.3) is 0 Å². The second kappa shape index (κ2) is 4.91. The number of hydrogen-bond acceptors (Lipinski definition) is 4. The lowest BCUT2D eigenvalue weighted by Crippen LogP contribution is -2.56. The standard InChI is InChI=1S/C11H16N2O2/c1-11(12,13-2)10(14)15-8-9-6-4-3-5-7-9/h3-7,13H,8,12H2,1-2H3. The highest BCUT2D eigenvalue weighted by Gasteiger charge is 2.27. The van der Waals surface area contributed by atoms with Gasteiger partial charge in [0.2, 0.25) is 0 Å². The number of carbonyl (C=O) groups excluding carboxylic acids is 1. The summed E-state index contributed by atoms with van der Waals surface area (Å²) in [6.45, 7) is 1.81. The highest BCUT2D eigenvalue weighted by atomic mass is 16.5. The molecule has 1 aromatic rings. The van der Waals surface area contributed by atoms with Crippen LogP contribution in [0.5, 0.6) is 0 Å². The Balaban J connectivity index is 2.48. The summed E-state index contributed by atoms with van der Waals surface area (Å²) in [5.74, 6) is -0.464. The summed E-state index contributed by atoms with van der Waals surface area (Å²) in [4.78, 5) is 11.5. The van der Waals surface area contributed by atoms with E-state index in [0.717, 1.165) is 5.56 Å². The van der Waals surface area contributed by atoms with Crippen LogP contribution in [0.25, 0.3) is 0 Å². The van der Waals surface area contributed by atoms with Crippen molar-refractivity contribution in [1.82, 2.24) is 5.32 Å². The van der Waals surface area contributed by atoms with E-state index in [1.807, 2.05) is 30.3 Å². The topological polar surface area (TPSA) is 64.3 Å². The van der Waals surface area contributed by atoms with Gasteiger partial charge in [-0.25, -0.2) is 4.79 Å². The maximum absolute atomic E-state index is 11.5. The first-order valence-corrected chi connectivity index (χ1v) is 4.75. The monoisotopic (exact) mass is 208 g/mol. The van der Waals surface area contributed by atoms with E-state index >= 15 is 0 Å². The summed E-state index contributed by atoms with van der Waals surface area (Å²) >= 11 is 0. The zero-order valence-corrected chi connectivity index (χ0v) is 8.99. The lowest BCUT2D eigenvalue weighted by atomic mass is 10.2. The summed E-state index contributed by atoms with van der Waals surface area (Å²) in [6, 6.07) is 9.47. The Labute approximate surface area is 89.4 Å². The van der Waals surface area contributed by atoms with Crippen LogP contribution in [0.3, 0.4) is 0 Å². The van der Waals surface area contributed by atoms with E-state index in [1.54, 1.807) is 14.0 Å². The number of benzene rings is 1. The molecule has 0 aliphatic heterocycles. The number of nitrogens with two attached hydrogens (primary N) is 1. The summed E-state index contributed by atoms with van der Waals surface area (Å²) < 4.78 is 5.06. The Bertz CT molecular complexity index is 323. The van der Waals surface area contributed by atoms with Gasteiger partial charge in [-0.05, 0) is 19.5 Å². The lowest BCUT2D eigenvalue weighted by molar-refractivity contribution is -0.152. The number of ether oxygens (including phenoxy) is 1. The van der Waals surface area contributed by atoms with Gasteiger partial charge < -0.3 is 10.5 Å². The molecule has 0 radical (unpaired) electrons. The number of nitrogens with one attached hydrogen (secondary N) is 1. The third-order valence-electron chi connectivity index (χ3n) is 2.16. The average molecular weight is 208 g/mol. The van der Waals surface area contributed by atoms with Gasteiger partial charge in [0, 0.05) is 0 Å². The molecule has 1 atom stereocenters. The molecule has 82 valence electrons. The lowest BCUT2D eigenvalue weighted by Gasteiger charge is -2.21. The number of likely N-dealkylation sites (N-methyl/N-ethyl adjacent to an activating group) is 1. The van der Waals surface area contributed by atoms with E-state index in [2.05, 4.69) is 5.32 Å². The third-order valence-corrected chi connectivity index (χ3v) is 2.16. The molecule has 1 aromatic carbocycles. The van der Waals surface area contributed by atoms with Crippen molar-refractivity contribution in [3.63, 3.8) is 0 Å². The fourth-order valence-electron chi connectivity index (χ4n) is 0.975. The first-order chi connectivity index (χ1) is 7.06. The van der Waals surface area contributed by atoms with Crippen LogP contribution in [0, 0.1) is 0 Å². The Kier molecular flexibility index (Phi) is 3.82. The molecule has 4 nitrogen and oxygen atoms in total. The maximum atomic E-state index is 11.5. The van der Waals surface area contributed by atoms with Crippen molar-refractivity contribution in [3.8, 4) is 0 Å². The van der Waals surface area contributed by atoms with Gasteiger partial charge in [-0.15, -0.1) is 0 Å². The molecule has 1 rings (SSSR count). The van der Waals surface area contributed by atoms with Crippen molar-refractivity contribution in [2.75, 3.05) is 7.05 Å². The Morgan fingerprint density at radius 2 is 2.07 bits per heavy atom. The van der Waals surface area contributed by atoms with Crippen LogP contribution in [0.4, 0.5) is 0 Å². The fraction of sp³-hybridized carbons (Fsp3) is 0.364. The Morgan fingerprint density at radius 3 is 2.60 bits per heavy atom. The molecule has 0 aliphatic carbocycles. The molecule has 0 heterocycles. The van der Waals surface area contributed by atoms with Crippen LogP contribution in [0.15, 0.2) is 30.3 Å². The van der Waals surface area contributed by atoms with Crippen LogP contribution in [0.1, 0.15) is 12.5 Å². The van der Waals surface area contributed by atoms with Crippen molar-refractivity contribution in [3.05, 3.63) is 35.9 Å². The second-order valence-corrected chi connectivity index (χ2v) is 3.51. The number of hydrogen-bond donors (Lipinski definition) is 2. The summed E-state index contributed by atoms with van der Waals surface area (Å²) in [7, 11) is 1.61. The van der Waals surface area contributed by atoms with E-state index in [0.29, 0.717) is 0 Å². The van der Waals surface area contributed by atoms with Gasteiger partial charge in [0.15, 0.2) is 5.66 Å². The van der Waals surface area contributed by atoms with Crippen molar-refractivity contribution in [2.45, 2.75) is 19.2 Å². The Hall–Kier alpha value is -1.39. The third kappa shape index (κ3) is 3.34. The zero-order valence-electron chi connectivity index (χ0n) is 8.99. The van der Waals surface area contributed by atoms with Gasteiger partial charge in [-0.3, -0.25) is 5.32 Å². The molecule has 0 bridgehead atoms. The van der Waals surface area contributed by atoms with Crippen molar-refractivity contribution < 1.29 is 9.53 Å². The Morgan fingerprint density at radius 1 is 1.47 bits per heavy atom. The average Bonchev–Trinajstić information content (AvgIpc) is 2.27. The van der Waals surface area contributed by atoms with E-state index in [1.165, 1.54) is 0 Å². The van der Waals surface area contributed by atoms with Gasteiger partial charge in [0.05, 0.1) is 0 Å². The van der Waals surface area contributed by atoms with Crippen molar-refractivity contribution >= 4 is 5.97 Å².